The fourth-order valence-electron chi connectivity index (χ4n) is 3.35. The molecule has 1 aromatic heterocycles. The number of ether oxygens (including phenoxy) is 2. The molecule has 0 aliphatic heterocycles. The van der Waals surface area contributed by atoms with E-state index in [0.717, 1.165) is 0 Å². The Morgan fingerprint density at radius 2 is 1.42 bits per heavy atom. The van der Waals surface area contributed by atoms with Crippen molar-refractivity contribution < 1.29 is 14.3 Å². The lowest BCUT2D eigenvalue weighted by molar-refractivity contribution is 0.262. The lowest BCUT2D eigenvalue weighted by Crippen LogP contribution is -2.20. The van der Waals surface area contributed by atoms with E-state index >= 15 is 0 Å². The third-order valence-corrected chi connectivity index (χ3v) is 4.95. The van der Waals surface area contributed by atoms with E-state index in [1.54, 1.807) is 44.4 Å². The van der Waals surface area contributed by atoms with Gasteiger partial charge in [-0.2, -0.15) is 0 Å². The summed E-state index contributed by atoms with van der Waals surface area (Å²) in [6.07, 6.45) is 0. The number of carbonyl (C=O) groups excluding carboxylic acids is 1. The van der Waals surface area contributed by atoms with E-state index in [-0.39, 0.29) is 5.69 Å². The normalized spacial score (nSPS) is 10.7. The molecule has 31 heavy (non-hydrogen) atoms. The molecule has 2 amide bonds. The maximum absolute atomic E-state index is 12.7. The van der Waals surface area contributed by atoms with Gasteiger partial charge in [-0.15, -0.1) is 0 Å². The third-order valence-electron chi connectivity index (χ3n) is 4.95. The number of hydrogen-bond donors (Lipinski definition) is 2. The summed E-state index contributed by atoms with van der Waals surface area (Å²) in [5.41, 5.74) is 2.14. The van der Waals surface area contributed by atoms with Crippen LogP contribution >= 0.6 is 0 Å². The highest BCUT2D eigenvalue weighted by Crippen LogP contribution is 2.34. The Morgan fingerprint density at radius 3 is 2.13 bits per heavy atom. The van der Waals surface area contributed by atoms with Crippen molar-refractivity contribution in [2.75, 3.05) is 17.7 Å². The molecule has 2 N–H and O–H groups in total. The van der Waals surface area contributed by atoms with Crippen molar-refractivity contribution in [3.05, 3.63) is 77.2 Å². The third kappa shape index (κ3) is 3.95. The van der Waals surface area contributed by atoms with Gasteiger partial charge in [0.15, 0.2) is 5.75 Å². The number of para-hydroxylation sites is 3. The van der Waals surface area contributed by atoms with Gasteiger partial charge in [-0.25, -0.2) is 9.59 Å². The maximum Gasteiger partial charge on any atom is 0.328 e. The van der Waals surface area contributed by atoms with Crippen molar-refractivity contribution in [1.82, 2.24) is 9.13 Å². The van der Waals surface area contributed by atoms with Crippen LogP contribution in [0.3, 0.4) is 0 Å². The SMILES string of the molecule is COc1ccccc1NC(=O)Nc1cc2c(cc1Oc1ccccc1)n(C)c(=O)n2C. The minimum absolute atomic E-state index is 0.170. The number of aromatic nitrogens is 2. The number of imidazole rings is 1. The molecule has 8 heteroatoms. The zero-order valence-corrected chi connectivity index (χ0v) is 17.4. The predicted octanol–water partition coefficient (Wildman–Crippen LogP) is 4.32. The average molecular weight is 418 g/mol. The van der Waals surface area contributed by atoms with Crippen LogP contribution in [0.15, 0.2) is 71.5 Å². The van der Waals surface area contributed by atoms with Gasteiger partial charge >= 0.3 is 11.7 Å². The van der Waals surface area contributed by atoms with Crippen LogP contribution in [0.25, 0.3) is 11.0 Å². The number of methoxy groups -OCH3 is 1. The van der Waals surface area contributed by atoms with Gasteiger partial charge in [0.1, 0.15) is 11.5 Å². The number of hydrogen-bond acceptors (Lipinski definition) is 4. The van der Waals surface area contributed by atoms with Crippen molar-refractivity contribution in [3.8, 4) is 17.2 Å². The molecule has 0 fully saturated rings. The number of nitrogens with one attached hydrogen (secondary N) is 2. The Balaban J connectivity index is 1.72. The molecule has 4 rings (SSSR count). The molecule has 8 nitrogen and oxygen atoms in total. The summed E-state index contributed by atoms with van der Waals surface area (Å²) >= 11 is 0. The molecule has 0 unspecified atom stereocenters. The minimum atomic E-state index is -0.470. The maximum atomic E-state index is 12.7. The second kappa shape index (κ2) is 8.27. The van der Waals surface area contributed by atoms with Crippen molar-refractivity contribution in [3.63, 3.8) is 0 Å². The van der Waals surface area contributed by atoms with E-state index in [4.69, 9.17) is 9.47 Å². The number of rotatable bonds is 5. The smallest absolute Gasteiger partial charge is 0.328 e. The molecule has 3 aromatic carbocycles. The van der Waals surface area contributed by atoms with Gasteiger partial charge in [-0.1, -0.05) is 30.3 Å². The zero-order chi connectivity index (χ0) is 22.0. The standard InChI is InChI=1S/C23H22N4O4/c1-26-18-13-17(25-22(28)24-16-11-7-8-12-20(16)30-3)21(14-19(18)27(2)23(26)29)31-15-9-5-4-6-10-15/h4-14H,1-3H3,(H2,24,25,28). The van der Waals surface area contributed by atoms with Gasteiger partial charge in [-0.05, 0) is 30.3 Å². The van der Waals surface area contributed by atoms with Crippen LogP contribution in [-0.4, -0.2) is 22.3 Å². The van der Waals surface area contributed by atoms with Crippen molar-refractivity contribution in [2.45, 2.75) is 0 Å². The molecule has 0 radical (unpaired) electrons. The van der Waals surface area contributed by atoms with E-state index in [1.807, 2.05) is 36.4 Å². The first-order chi connectivity index (χ1) is 15.0. The summed E-state index contributed by atoms with van der Waals surface area (Å²) in [5.74, 6) is 1.56. The van der Waals surface area contributed by atoms with Crippen molar-refractivity contribution >= 4 is 28.4 Å². The molecule has 0 bridgehead atoms. The number of anilines is 2. The summed E-state index contributed by atoms with van der Waals surface area (Å²) in [6.45, 7) is 0. The van der Waals surface area contributed by atoms with E-state index in [2.05, 4.69) is 10.6 Å². The quantitative estimate of drug-likeness (QED) is 0.505. The lowest BCUT2D eigenvalue weighted by Gasteiger charge is -2.15. The second-order valence-corrected chi connectivity index (χ2v) is 6.93. The van der Waals surface area contributed by atoms with Crippen LogP contribution in [0, 0.1) is 0 Å². The molecule has 4 aromatic rings. The molecule has 0 atom stereocenters. The van der Waals surface area contributed by atoms with Crippen LogP contribution in [0.4, 0.5) is 16.2 Å². The van der Waals surface area contributed by atoms with Gasteiger partial charge in [0.05, 0.1) is 29.5 Å². The lowest BCUT2D eigenvalue weighted by atomic mass is 10.2. The fraction of sp³-hybridized carbons (Fsp3) is 0.130. The summed E-state index contributed by atoms with van der Waals surface area (Å²) in [4.78, 5) is 25.1. The van der Waals surface area contributed by atoms with Gasteiger partial charge in [0.2, 0.25) is 0 Å². The van der Waals surface area contributed by atoms with E-state index < -0.39 is 6.03 Å². The predicted molar refractivity (Wildman–Crippen MR) is 120 cm³/mol. The van der Waals surface area contributed by atoms with Gasteiger partial charge in [-0.3, -0.25) is 9.13 Å². The summed E-state index contributed by atoms with van der Waals surface area (Å²) < 4.78 is 14.4. The molecule has 0 aliphatic rings. The molecule has 158 valence electrons. The molecule has 0 saturated heterocycles. The highest BCUT2D eigenvalue weighted by Gasteiger charge is 2.16. The summed E-state index contributed by atoms with van der Waals surface area (Å²) in [6, 6.07) is 19.3. The van der Waals surface area contributed by atoms with Crippen LogP contribution in [0.2, 0.25) is 0 Å². The molecule has 0 aliphatic carbocycles. The first-order valence-electron chi connectivity index (χ1n) is 9.61. The molecular formula is C23H22N4O4. The number of amides is 2. The van der Waals surface area contributed by atoms with Crippen molar-refractivity contribution in [1.29, 1.82) is 0 Å². The topological polar surface area (TPSA) is 86.5 Å². The Morgan fingerprint density at radius 1 is 0.806 bits per heavy atom. The zero-order valence-electron chi connectivity index (χ0n) is 17.4. The highest BCUT2D eigenvalue weighted by molar-refractivity contribution is 6.03. The number of carbonyl (C=O) groups is 1. The molecular weight excluding hydrogens is 396 g/mol. The summed E-state index contributed by atoms with van der Waals surface area (Å²) in [7, 11) is 4.91. The highest BCUT2D eigenvalue weighted by atomic mass is 16.5. The first-order valence-corrected chi connectivity index (χ1v) is 9.61. The monoisotopic (exact) mass is 418 g/mol. The van der Waals surface area contributed by atoms with E-state index in [0.29, 0.717) is 39.7 Å². The molecule has 1 heterocycles. The fourth-order valence-corrected chi connectivity index (χ4v) is 3.35. The Kier molecular flexibility index (Phi) is 5.36. The Bertz CT molecular complexity index is 1310. The van der Waals surface area contributed by atoms with E-state index in [9.17, 15) is 9.59 Å². The van der Waals surface area contributed by atoms with Gasteiger partial charge in [0.25, 0.3) is 0 Å². The largest absolute Gasteiger partial charge is 0.495 e. The molecule has 0 saturated carbocycles. The van der Waals surface area contributed by atoms with Crippen molar-refractivity contribution in [2.24, 2.45) is 14.1 Å². The van der Waals surface area contributed by atoms with Crippen LogP contribution in [0.5, 0.6) is 17.2 Å². The van der Waals surface area contributed by atoms with Gasteiger partial charge in [0, 0.05) is 20.2 Å². The number of fused-ring (bicyclic) bond motifs is 1. The number of benzene rings is 3. The Labute approximate surface area is 178 Å². The first kappa shape index (κ1) is 20.1. The second-order valence-electron chi connectivity index (χ2n) is 6.93. The molecule has 0 spiro atoms. The number of aryl methyl sites for hydroxylation is 2. The van der Waals surface area contributed by atoms with Crippen LogP contribution in [0.1, 0.15) is 0 Å². The Hall–Kier alpha value is -4.20. The van der Waals surface area contributed by atoms with Crippen LogP contribution in [-0.2, 0) is 14.1 Å². The minimum Gasteiger partial charge on any atom is -0.495 e. The number of nitrogens with zero attached hydrogens (tertiary/aromatic N) is 2. The number of urea groups is 1. The average Bonchev–Trinajstić information content (AvgIpc) is 2.98. The van der Waals surface area contributed by atoms with E-state index in [1.165, 1.54) is 16.2 Å². The van der Waals surface area contributed by atoms with Gasteiger partial charge < -0.3 is 20.1 Å². The summed E-state index contributed by atoms with van der Waals surface area (Å²) in [5, 5.41) is 5.60. The van der Waals surface area contributed by atoms with Crippen LogP contribution < -0.4 is 25.8 Å².